The SMILES string of the molecule is CCC=CC[C@@H](CC)C(=O)O. The van der Waals surface area contributed by atoms with Crippen LogP contribution in [0.5, 0.6) is 0 Å². The van der Waals surface area contributed by atoms with Gasteiger partial charge < -0.3 is 5.11 Å². The standard InChI is InChI=1S/C9H16O2/c1-3-5-6-7-8(4-2)9(10)11/h5-6,8H,3-4,7H2,1-2H3,(H,10,11)/t8-/m1/s1. The van der Waals surface area contributed by atoms with Gasteiger partial charge in [-0.25, -0.2) is 0 Å². The van der Waals surface area contributed by atoms with Crippen molar-refractivity contribution in [3.8, 4) is 0 Å². The van der Waals surface area contributed by atoms with E-state index in [4.69, 9.17) is 5.11 Å². The number of carboxylic acids is 1. The summed E-state index contributed by atoms with van der Waals surface area (Å²) >= 11 is 0. The van der Waals surface area contributed by atoms with E-state index in [2.05, 4.69) is 0 Å². The summed E-state index contributed by atoms with van der Waals surface area (Å²) in [5.41, 5.74) is 0. The van der Waals surface area contributed by atoms with Gasteiger partial charge in [0.25, 0.3) is 0 Å². The summed E-state index contributed by atoms with van der Waals surface area (Å²) in [5.74, 6) is -0.883. The van der Waals surface area contributed by atoms with Gasteiger partial charge in [0.05, 0.1) is 5.92 Å². The summed E-state index contributed by atoms with van der Waals surface area (Å²) in [6, 6.07) is 0. The molecule has 0 saturated heterocycles. The third-order valence-electron chi connectivity index (χ3n) is 1.67. The largest absolute Gasteiger partial charge is 0.481 e. The molecule has 0 aliphatic rings. The van der Waals surface area contributed by atoms with Crippen LogP contribution in [0.15, 0.2) is 12.2 Å². The predicted octanol–water partition coefficient (Wildman–Crippen LogP) is 2.45. The normalized spacial score (nSPS) is 13.6. The molecule has 11 heavy (non-hydrogen) atoms. The van der Waals surface area contributed by atoms with Crippen LogP contribution in [0.4, 0.5) is 0 Å². The van der Waals surface area contributed by atoms with E-state index in [-0.39, 0.29) is 5.92 Å². The van der Waals surface area contributed by atoms with Gasteiger partial charge in [-0.05, 0) is 19.3 Å². The number of hydrogen-bond donors (Lipinski definition) is 1. The highest BCUT2D eigenvalue weighted by atomic mass is 16.4. The maximum absolute atomic E-state index is 10.5. The van der Waals surface area contributed by atoms with Gasteiger partial charge in [0, 0.05) is 0 Å². The third kappa shape index (κ3) is 4.59. The van der Waals surface area contributed by atoms with Crippen molar-refractivity contribution in [2.24, 2.45) is 5.92 Å². The molecule has 0 bridgehead atoms. The number of carbonyl (C=O) groups is 1. The fourth-order valence-electron chi connectivity index (χ4n) is 0.869. The highest BCUT2D eigenvalue weighted by Gasteiger charge is 2.11. The molecule has 0 fully saturated rings. The molecular weight excluding hydrogens is 140 g/mol. The maximum atomic E-state index is 10.5. The molecule has 1 N–H and O–H groups in total. The van der Waals surface area contributed by atoms with Gasteiger partial charge in [-0.2, -0.15) is 0 Å². The highest BCUT2D eigenvalue weighted by molar-refractivity contribution is 5.70. The average molecular weight is 156 g/mol. The molecule has 0 unspecified atom stereocenters. The van der Waals surface area contributed by atoms with Crippen LogP contribution in [0.25, 0.3) is 0 Å². The fourth-order valence-corrected chi connectivity index (χ4v) is 0.869. The first kappa shape index (κ1) is 10.2. The molecule has 0 heterocycles. The molecule has 2 nitrogen and oxygen atoms in total. The van der Waals surface area contributed by atoms with Crippen molar-refractivity contribution in [1.29, 1.82) is 0 Å². The van der Waals surface area contributed by atoms with Crippen LogP contribution < -0.4 is 0 Å². The van der Waals surface area contributed by atoms with Crippen molar-refractivity contribution in [1.82, 2.24) is 0 Å². The second kappa shape index (κ2) is 5.96. The minimum Gasteiger partial charge on any atom is -0.481 e. The monoisotopic (exact) mass is 156 g/mol. The molecular formula is C9H16O2. The molecule has 1 atom stereocenters. The summed E-state index contributed by atoms with van der Waals surface area (Å²) in [4.78, 5) is 10.5. The molecule has 0 aromatic heterocycles. The summed E-state index contributed by atoms with van der Waals surface area (Å²) in [5, 5.41) is 8.64. The van der Waals surface area contributed by atoms with Gasteiger partial charge in [0.15, 0.2) is 0 Å². The van der Waals surface area contributed by atoms with Crippen LogP contribution in [-0.2, 0) is 4.79 Å². The number of rotatable bonds is 5. The molecule has 0 radical (unpaired) electrons. The van der Waals surface area contributed by atoms with E-state index in [1.807, 2.05) is 26.0 Å². The van der Waals surface area contributed by atoms with Crippen molar-refractivity contribution in [2.75, 3.05) is 0 Å². The predicted molar refractivity (Wildman–Crippen MR) is 45.5 cm³/mol. The van der Waals surface area contributed by atoms with Gasteiger partial charge in [-0.15, -0.1) is 0 Å². The molecule has 64 valence electrons. The van der Waals surface area contributed by atoms with E-state index >= 15 is 0 Å². The second-order valence-corrected chi connectivity index (χ2v) is 2.56. The Bertz CT molecular complexity index is 138. The smallest absolute Gasteiger partial charge is 0.306 e. The van der Waals surface area contributed by atoms with Crippen LogP contribution >= 0.6 is 0 Å². The molecule has 0 saturated carbocycles. The zero-order chi connectivity index (χ0) is 8.69. The van der Waals surface area contributed by atoms with Crippen molar-refractivity contribution < 1.29 is 9.90 Å². The lowest BCUT2D eigenvalue weighted by molar-refractivity contribution is -0.141. The minimum atomic E-state index is -0.687. The van der Waals surface area contributed by atoms with Crippen molar-refractivity contribution >= 4 is 5.97 Å². The van der Waals surface area contributed by atoms with Crippen molar-refractivity contribution in [3.63, 3.8) is 0 Å². The molecule has 0 aromatic rings. The molecule has 0 amide bonds. The lowest BCUT2D eigenvalue weighted by Crippen LogP contribution is -2.11. The van der Waals surface area contributed by atoms with Gasteiger partial charge in [-0.3, -0.25) is 4.79 Å². The Morgan fingerprint density at radius 1 is 1.45 bits per heavy atom. The van der Waals surface area contributed by atoms with Crippen molar-refractivity contribution in [2.45, 2.75) is 33.1 Å². The lowest BCUT2D eigenvalue weighted by atomic mass is 10.0. The Hall–Kier alpha value is -0.790. The quantitative estimate of drug-likeness (QED) is 0.621. The number of hydrogen-bond acceptors (Lipinski definition) is 1. The molecule has 0 aromatic carbocycles. The summed E-state index contributed by atoms with van der Waals surface area (Å²) in [6.45, 7) is 3.94. The summed E-state index contributed by atoms with van der Waals surface area (Å²) in [6.07, 6.45) is 6.31. The lowest BCUT2D eigenvalue weighted by Gasteiger charge is -2.04. The molecule has 0 rings (SSSR count). The first-order chi connectivity index (χ1) is 5.22. The van der Waals surface area contributed by atoms with Crippen LogP contribution in [0.3, 0.4) is 0 Å². The van der Waals surface area contributed by atoms with E-state index < -0.39 is 5.97 Å². The first-order valence-electron chi connectivity index (χ1n) is 4.10. The Balaban J connectivity index is 3.69. The summed E-state index contributed by atoms with van der Waals surface area (Å²) in [7, 11) is 0. The zero-order valence-electron chi connectivity index (χ0n) is 7.21. The molecule has 2 heteroatoms. The molecule has 0 spiro atoms. The Morgan fingerprint density at radius 2 is 2.09 bits per heavy atom. The Kier molecular flexibility index (Phi) is 5.53. The van der Waals surface area contributed by atoms with E-state index in [9.17, 15) is 4.79 Å². The van der Waals surface area contributed by atoms with Gasteiger partial charge in [0.2, 0.25) is 0 Å². The highest BCUT2D eigenvalue weighted by Crippen LogP contribution is 2.08. The van der Waals surface area contributed by atoms with Gasteiger partial charge in [0.1, 0.15) is 0 Å². The van der Waals surface area contributed by atoms with E-state index in [1.165, 1.54) is 0 Å². The van der Waals surface area contributed by atoms with Crippen molar-refractivity contribution in [3.05, 3.63) is 12.2 Å². The minimum absolute atomic E-state index is 0.196. The number of allylic oxidation sites excluding steroid dienone is 2. The van der Waals surface area contributed by atoms with Crippen LogP contribution in [0.2, 0.25) is 0 Å². The van der Waals surface area contributed by atoms with E-state index in [1.54, 1.807) is 0 Å². The topological polar surface area (TPSA) is 37.3 Å². The average Bonchev–Trinajstić information content (AvgIpc) is 1.97. The van der Waals surface area contributed by atoms with Gasteiger partial charge >= 0.3 is 5.97 Å². The Morgan fingerprint density at radius 3 is 2.45 bits per heavy atom. The summed E-state index contributed by atoms with van der Waals surface area (Å²) < 4.78 is 0. The van der Waals surface area contributed by atoms with Crippen LogP contribution in [-0.4, -0.2) is 11.1 Å². The van der Waals surface area contributed by atoms with E-state index in [0.717, 1.165) is 6.42 Å². The number of carboxylic acid groups (broad SMARTS) is 1. The fraction of sp³-hybridized carbons (Fsp3) is 0.667. The van der Waals surface area contributed by atoms with Gasteiger partial charge in [-0.1, -0.05) is 26.0 Å². The molecule has 0 aliphatic heterocycles. The first-order valence-corrected chi connectivity index (χ1v) is 4.10. The maximum Gasteiger partial charge on any atom is 0.306 e. The second-order valence-electron chi connectivity index (χ2n) is 2.56. The Labute approximate surface area is 67.9 Å². The third-order valence-corrected chi connectivity index (χ3v) is 1.67. The zero-order valence-corrected chi connectivity index (χ0v) is 7.21. The number of aliphatic carboxylic acids is 1. The van der Waals surface area contributed by atoms with E-state index in [0.29, 0.717) is 12.8 Å². The van der Waals surface area contributed by atoms with Crippen LogP contribution in [0.1, 0.15) is 33.1 Å². The van der Waals surface area contributed by atoms with Crippen LogP contribution in [0, 0.1) is 5.92 Å². The molecule has 0 aliphatic carbocycles.